The smallest absolute Gasteiger partial charge is 0.349 e. The summed E-state index contributed by atoms with van der Waals surface area (Å²) >= 11 is 1.49. The Balaban J connectivity index is 1.55. The number of ketones is 1. The van der Waals surface area contributed by atoms with E-state index >= 15 is 0 Å². The first kappa shape index (κ1) is 16.1. The molecule has 1 aromatic carbocycles. The molecular weight excluding hydrogens is 334 g/mol. The van der Waals surface area contributed by atoms with Crippen molar-refractivity contribution in [1.82, 2.24) is 4.98 Å². The lowest BCUT2D eigenvalue weighted by atomic mass is 10.0. The predicted octanol–water partition coefficient (Wildman–Crippen LogP) is 4.45. The molecule has 0 saturated carbocycles. The van der Waals surface area contributed by atoms with Crippen LogP contribution in [0.3, 0.4) is 0 Å². The fourth-order valence-electron chi connectivity index (χ4n) is 3.50. The van der Waals surface area contributed by atoms with Gasteiger partial charge in [-0.05, 0) is 50.8 Å². The number of esters is 1. The van der Waals surface area contributed by atoms with Gasteiger partial charge in [-0.1, -0.05) is 18.2 Å². The maximum atomic E-state index is 12.9. The number of Topliss-reactive ketones (excluding diaryl/α,β-unsaturated/α-hetero) is 1. The Kier molecular flexibility index (Phi) is 3.96. The van der Waals surface area contributed by atoms with Crippen LogP contribution < -0.4 is 0 Å². The number of benzene rings is 1. The standard InChI is InChI=1S/C20H19NO3S/c1-11-18(14-7-3-4-8-15(14)21-11)19(22)12(2)24-20(23)17-10-13-6-5-9-16(13)25-17/h3-4,7-8,10,12,21H,5-6,9H2,1-2H3/t12-/m1/s1. The van der Waals surface area contributed by atoms with Gasteiger partial charge in [-0.3, -0.25) is 4.79 Å². The second kappa shape index (κ2) is 6.15. The Hall–Kier alpha value is -2.40. The lowest BCUT2D eigenvalue weighted by Gasteiger charge is -2.12. The number of H-pyrrole nitrogens is 1. The van der Waals surface area contributed by atoms with Crippen molar-refractivity contribution in [2.75, 3.05) is 0 Å². The molecule has 128 valence electrons. The highest BCUT2D eigenvalue weighted by molar-refractivity contribution is 7.14. The van der Waals surface area contributed by atoms with Gasteiger partial charge in [0.25, 0.3) is 0 Å². The molecule has 1 aliphatic rings. The molecule has 5 heteroatoms. The molecular formula is C20H19NO3S. The molecule has 0 fully saturated rings. The van der Waals surface area contributed by atoms with Crippen LogP contribution in [0.1, 0.15) is 49.5 Å². The molecule has 0 aliphatic heterocycles. The molecule has 0 radical (unpaired) electrons. The fourth-order valence-corrected chi connectivity index (χ4v) is 4.64. The number of rotatable bonds is 4. The molecule has 2 aromatic heterocycles. The van der Waals surface area contributed by atoms with Gasteiger partial charge in [-0.2, -0.15) is 0 Å². The monoisotopic (exact) mass is 353 g/mol. The molecule has 1 N–H and O–H groups in total. The van der Waals surface area contributed by atoms with Gasteiger partial charge in [0.2, 0.25) is 5.78 Å². The van der Waals surface area contributed by atoms with E-state index in [2.05, 4.69) is 4.98 Å². The normalized spacial score (nSPS) is 14.5. The number of fused-ring (bicyclic) bond motifs is 2. The van der Waals surface area contributed by atoms with E-state index in [1.807, 2.05) is 37.3 Å². The number of hydrogen-bond donors (Lipinski definition) is 1. The van der Waals surface area contributed by atoms with Crippen molar-refractivity contribution in [3.8, 4) is 0 Å². The van der Waals surface area contributed by atoms with E-state index in [0.29, 0.717) is 10.4 Å². The first-order valence-electron chi connectivity index (χ1n) is 8.48. The third-order valence-corrected chi connectivity index (χ3v) is 5.96. The third-order valence-electron chi connectivity index (χ3n) is 4.74. The van der Waals surface area contributed by atoms with Crippen molar-refractivity contribution in [2.45, 2.75) is 39.2 Å². The van der Waals surface area contributed by atoms with Crippen LogP contribution in [0, 0.1) is 6.92 Å². The van der Waals surface area contributed by atoms with Crippen molar-refractivity contribution in [3.05, 3.63) is 56.9 Å². The Labute approximate surface area is 149 Å². The van der Waals surface area contributed by atoms with Crippen LogP contribution in [0.15, 0.2) is 30.3 Å². The second-order valence-electron chi connectivity index (χ2n) is 6.49. The fraction of sp³-hybridized carbons (Fsp3) is 0.300. The molecule has 0 spiro atoms. The van der Waals surface area contributed by atoms with E-state index in [1.165, 1.54) is 21.8 Å². The number of thiophene rings is 1. The zero-order chi connectivity index (χ0) is 17.6. The number of aryl methyl sites for hydroxylation is 3. The zero-order valence-corrected chi connectivity index (χ0v) is 15.0. The molecule has 0 unspecified atom stereocenters. The maximum absolute atomic E-state index is 12.9. The SMILES string of the molecule is Cc1[nH]c2ccccc2c1C(=O)[C@@H](C)OC(=O)c1cc2c(s1)CCC2. The minimum Gasteiger partial charge on any atom is -0.450 e. The highest BCUT2D eigenvalue weighted by Crippen LogP contribution is 2.31. The van der Waals surface area contributed by atoms with E-state index < -0.39 is 12.1 Å². The van der Waals surface area contributed by atoms with Crippen molar-refractivity contribution in [1.29, 1.82) is 0 Å². The average Bonchev–Trinajstić information content (AvgIpc) is 3.25. The van der Waals surface area contributed by atoms with Crippen LogP contribution in [0.25, 0.3) is 10.9 Å². The van der Waals surface area contributed by atoms with E-state index in [1.54, 1.807) is 6.92 Å². The molecule has 3 aromatic rings. The van der Waals surface area contributed by atoms with Crippen molar-refractivity contribution >= 4 is 34.0 Å². The van der Waals surface area contributed by atoms with Gasteiger partial charge < -0.3 is 9.72 Å². The number of para-hydroxylation sites is 1. The maximum Gasteiger partial charge on any atom is 0.349 e. The average molecular weight is 353 g/mol. The summed E-state index contributed by atoms with van der Waals surface area (Å²) in [6.07, 6.45) is 2.41. The van der Waals surface area contributed by atoms with Gasteiger partial charge in [0, 0.05) is 27.0 Å². The molecule has 4 rings (SSSR count). The zero-order valence-electron chi connectivity index (χ0n) is 14.2. The largest absolute Gasteiger partial charge is 0.450 e. The van der Waals surface area contributed by atoms with Crippen molar-refractivity contribution in [2.24, 2.45) is 0 Å². The summed E-state index contributed by atoms with van der Waals surface area (Å²) < 4.78 is 5.47. The second-order valence-corrected chi connectivity index (χ2v) is 7.63. The number of ether oxygens (including phenoxy) is 1. The molecule has 0 saturated heterocycles. The number of aromatic nitrogens is 1. The van der Waals surface area contributed by atoms with Gasteiger partial charge in [-0.25, -0.2) is 4.79 Å². The lowest BCUT2D eigenvalue weighted by Crippen LogP contribution is -2.24. The molecule has 4 nitrogen and oxygen atoms in total. The highest BCUT2D eigenvalue weighted by atomic mass is 32.1. The summed E-state index contributed by atoms with van der Waals surface area (Å²) in [4.78, 5) is 30.4. The molecule has 25 heavy (non-hydrogen) atoms. The minimum absolute atomic E-state index is 0.174. The highest BCUT2D eigenvalue weighted by Gasteiger charge is 2.26. The summed E-state index contributed by atoms with van der Waals surface area (Å²) in [6.45, 7) is 3.51. The minimum atomic E-state index is -0.817. The number of carbonyl (C=O) groups is 2. The quantitative estimate of drug-likeness (QED) is 0.557. The summed E-state index contributed by atoms with van der Waals surface area (Å²) in [5.74, 6) is -0.579. The molecule has 0 amide bonds. The Bertz CT molecular complexity index is 961. The van der Waals surface area contributed by atoms with Crippen LogP contribution in [-0.2, 0) is 17.6 Å². The van der Waals surface area contributed by atoms with Gasteiger partial charge in [0.15, 0.2) is 6.10 Å². The van der Waals surface area contributed by atoms with Crippen LogP contribution in [0.5, 0.6) is 0 Å². The number of carbonyl (C=O) groups excluding carboxylic acids is 2. The summed E-state index contributed by atoms with van der Waals surface area (Å²) in [5.41, 5.74) is 3.56. The van der Waals surface area contributed by atoms with E-state index in [9.17, 15) is 9.59 Å². The van der Waals surface area contributed by atoms with Gasteiger partial charge >= 0.3 is 5.97 Å². The molecule has 2 heterocycles. The Morgan fingerprint density at radius 2 is 2.04 bits per heavy atom. The van der Waals surface area contributed by atoms with Crippen molar-refractivity contribution in [3.63, 3.8) is 0 Å². The van der Waals surface area contributed by atoms with Crippen LogP contribution in [-0.4, -0.2) is 22.8 Å². The van der Waals surface area contributed by atoms with Crippen LogP contribution >= 0.6 is 11.3 Å². The number of nitrogens with one attached hydrogen (secondary N) is 1. The third kappa shape index (κ3) is 2.78. The Morgan fingerprint density at radius 1 is 1.24 bits per heavy atom. The molecule has 0 bridgehead atoms. The topological polar surface area (TPSA) is 59.2 Å². The van der Waals surface area contributed by atoms with Crippen molar-refractivity contribution < 1.29 is 14.3 Å². The predicted molar refractivity (Wildman–Crippen MR) is 98.6 cm³/mol. The molecule has 1 atom stereocenters. The summed E-state index contributed by atoms with van der Waals surface area (Å²) in [7, 11) is 0. The van der Waals surface area contributed by atoms with Crippen LogP contribution in [0.4, 0.5) is 0 Å². The summed E-state index contributed by atoms with van der Waals surface area (Å²) in [6, 6.07) is 9.58. The Morgan fingerprint density at radius 3 is 2.84 bits per heavy atom. The van der Waals surface area contributed by atoms with Crippen LogP contribution in [0.2, 0.25) is 0 Å². The van der Waals surface area contributed by atoms with E-state index in [4.69, 9.17) is 4.74 Å². The first-order chi connectivity index (χ1) is 12.0. The van der Waals surface area contributed by atoms with E-state index in [0.717, 1.165) is 35.9 Å². The van der Waals surface area contributed by atoms with Gasteiger partial charge in [-0.15, -0.1) is 11.3 Å². The number of hydrogen-bond acceptors (Lipinski definition) is 4. The van der Waals surface area contributed by atoms with Gasteiger partial charge in [0.1, 0.15) is 4.88 Å². The number of aromatic amines is 1. The molecule has 1 aliphatic carbocycles. The lowest BCUT2D eigenvalue weighted by molar-refractivity contribution is 0.0324. The first-order valence-corrected chi connectivity index (χ1v) is 9.30. The summed E-state index contributed by atoms with van der Waals surface area (Å²) in [5, 5.41) is 0.864. The van der Waals surface area contributed by atoms with Gasteiger partial charge in [0.05, 0.1) is 0 Å². The van der Waals surface area contributed by atoms with E-state index in [-0.39, 0.29) is 5.78 Å².